The number of piperidine rings is 2. The maximum absolute atomic E-state index is 11.1. The molecular weight excluding hydrogens is 438 g/mol. The van der Waals surface area contributed by atoms with Gasteiger partial charge in [-0.05, 0) is 36.1 Å². The summed E-state index contributed by atoms with van der Waals surface area (Å²) in [5.74, 6) is 0. The highest BCUT2D eigenvalue weighted by molar-refractivity contribution is 5.16. The van der Waals surface area contributed by atoms with E-state index in [0.717, 1.165) is 42.6 Å². The molecule has 0 bridgehead atoms. The first-order valence-electron chi connectivity index (χ1n) is 12.7. The predicted molar refractivity (Wildman–Crippen MR) is 136 cm³/mol. The number of hydrogen-bond acceptors (Lipinski definition) is 5. The van der Waals surface area contributed by atoms with Gasteiger partial charge in [-0.25, -0.2) is 0 Å². The third-order valence-corrected chi connectivity index (χ3v) is 7.08. The Morgan fingerprint density at radius 2 is 1.14 bits per heavy atom. The minimum atomic E-state index is -0.442. The van der Waals surface area contributed by atoms with Crippen LogP contribution in [0.15, 0.2) is 91.0 Å². The topological polar surface area (TPSA) is 51.2 Å². The Labute approximate surface area is 208 Å². The van der Waals surface area contributed by atoms with Crippen molar-refractivity contribution in [2.24, 2.45) is 0 Å². The van der Waals surface area contributed by atoms with E-state index in [1.165, 1.54) is 0 Å². The highest BCUT2D eigenvalue weighted by Crippen LogP contribution is 2.33. The molecule has 2 aliphatic heterocycles. The minimum Gasteiger partial charge on any atom is -0.391 e. The van der Waals surface area contributed by atoms with E-state index in [4.69, 9.17) is 14.2 Å². The molecule has 0 aliphatic carbocycles. The number of ether oxygens (including phenoxy) is 3. The summed E-state index contributed by atoms with van der Waals surface area (Å²) in [5, 5.41) is 11.1. The Morgan fingerprint density at radius 1 is 0.657 bits per heavy atom. The molecule has 2 saturated heterocycles. The molecule has 0 amide bonds. The average Bonchev–Trinajstić information content (AvgIpc) is 2.91. The highest BCUT2D eigenvalue weighted by atomic mass is 16.6. The summed E-state index contributed by atoms with van der Waals surface area (Å²) in [7, 11) is 0. The summed E-state index contributed by atoms with van der Waals surface area (Å²) in [5.41, 5.74) is 3.36. The molecule has 5 atom stereocenters. The molecule has 35 heavy (non-hydrogen) atoms. The molecular formula is C30H35NO4. The third kappa shape index (κ3) is 6.18. The summed E-state index contributed by atoms with van der Waals surface area (Å²) in [6.45, 7) is 3.12. The van der Waals surface area contributed by atoms with Gasteiger partial charge in [0, 0.05) is 6.54 Å². The van der Waals surface area contributed by atoms with Gasteiger partial charge in [-0.3, -0.25) is 4.90 Å². The number of aliphatic hydroxyl groups excluding tert-OH is 1. The van der Waals surface area contributed by atoms with Crippen molar-refractivity contribution in [1.82, 2.24) is 4.90 Å². The van der Waals surface area contributed by atoms with Crippen LogP contribution in [0, 0.1) is 0 Å². The monoisotopic (exact) mass is 473 g/mol. The van der Waals surface area contributed by atoms with Gasteiger partial charge in [-0.1, -0.05) is 91.0 Å². The molecule has 0 saturated carbocycles. The van der Waals surface area contributed by atoms with Crippen molar-refractivity contribution in [2.75, 3.05) is 13.1 Å². The average molecular weight is 474 g/mol. The molecule has 2 heterocycles. The van der Waals surface area contributed by atoms with E-state index in [0.29, 0.717) is 19.8 Å². The third-order valence-electron chi connectivity index (χ3n) is 7.08. The van der Waals surface area contributed by atoms with Gasteiger partial charge in [0.05, 0.1) is 38.1 Å². The van der Waals surface area contributed by atoms with Gasteiger partial charge in [-0.15, -0.1) is 0 Å². The van der Waals surface area contributed by atoms with Crippen molar-refractivity contribution in [3.05, 3.63) is 108 Å². The molecule has 2 fully saturated rings. The van der Waals surface area contributed by atoms with Gasteiger partial charge in [0.25, 0.3) is 0 Å². The van der Waals surface area contributed by atoms with Crippen LogP contribution in [0.25, 0.3) is 0 Å². The predicted octanol–water partition coefficient (Wildman–Crippen LogP) is 4.58. The Kier molecular flexibility index (Phi) is 8.24. The lowest BCUT2D eigenvalue weighted by atomic mass is 9.85. The smallest absolute Gasteiger partial charge is 0.113 e. The SMILES string of the molecule is O[C@H]1CCCN2C[C@@H](OCc3ccccc3)[C@@H](OCc3ccccc3)[C@H](OCc3ccccc3)[C@H]12. The fourth-order valence-electron chi connectivity index (χ4n) is 5.30. The molecule has 5 heteroatoms. The van der Waals surface area contributed by atoms with Gasteiger partial charge in [0.1, 0.15) is 12.2 Å². The molecule has 2 aliphatic rings. The van der Waals surface area contributed by atoms with Crippen LogP contribution in [0.2, 0.25) is 0 Å². The Balaban J connectivity index is 1.39. The number of rotatable bonds is 9. The largest absolute Gasteiger partial charge is 0.391 e. The van der Waals surface area contributed by atoms with E-state index < -0.39 is 6.10 Å². The molecule has 5 nitrogen and oxygen atoms in total. The number of aliphatic hydroxyl groups is 1. The standard InChI is InChI=1S/C30H35NO4/c32-26-17-10-18-31-19-27(33-20-23-11-4-1-5-12-23)29(34-21-24-13-6-2-7-14-24)30(28(26)31)35-22-25-15-8-3-9-16-25/h1-9,11-16,26-30,32H,10,17-22H2/t26-,27+,28-,29+,30+/m0/s1. The summed E-state index contributed by atoms with van der Waals surface area (Å²) in [6, 6.07) is 30.6. The van der Waals surface area contributed by atoms with Crippen molar-refractivity contribution in [2.45, 2.75) is 63.1 Å². The van der Waals surface area contributed by atoms with Crippen LogP contribution >= 0.6 is 0 Å². The molecule has 1 N–H and O–H groups in total. The van der Waals surface area contributed by atoms with Crippen LogP contribution in [-0.2, 0) is 34.0 Å². The highest BCUT2D eigenvalue weighted by Gasteiger charge is 2.49. The van der Waals surface area contributed by atoms with Gasteiger partial charge in [0.2, 0.25) is 0 Å². The van der Waals surface area contributed by atoms with Crippen molar-refractivity contribution in [3.8, 4) is 0 Å². The normalized spacial score (nSPS) is 26.8. The number of fused-ring (bicyclic) bond motifs is 1. The lowest BCUT2D eigenvalue weighted by Gasteiger charge is -2.52. The maximum atomic E-state index is 11.1. The first-order valence-corrected chi connectivity index (χ1v) is 12.7. The van der Waals surface area contributed by atoms with Gasteiger partial charge in [-0.2, -0.15) is 0 Å². The second kappa shape index (κ2) is 11.9. The van der Waals surface area contributed by atoms with Crippen molar-refractivity contribution < 1.29 is 19.3 Å². The molecule has 3 aromatic carbocycles. The Bertz CT molecular complexity index is 1020. The van der Waals surface area contributed by atoms with Crippen LogP contribution in [0.1, 0.15) is 29.5 Å². The van der Waals surface area contributed by atoms with Crippen LogP contribution in [-0.4, -0.2) is 53.6 Å². The zero-order valence-corrected chi connectivity index (χ0v) is 20.1. The van der Waals surface area contributed by atoms with Gasteiger partial charge < -0.3 is 19.3 Å². The van der Waals surface area contributed by atoms with Crippen molar-refractivity contribution in [3.63, 3.8) is 0 Å². The quantitative estimate of drug-likeness (QED) is 0.493. The van der Waals surface area contributed by atoms with E-state index in [-0.39, 0.29) is 24.4 Å². The number of benzene rings is 3. The van der Waals surface area contributed by atoms with Crippen LogP contribution in [0.4, 0.5) is 0 Å². The number of hydrogen-bond donors (Lipinski definition) is 1. The van der Waals surface area contributed by atoms with E-state index in [1.54, 1.807) is 0 Å². The van der Waals surface area contributed by atoms with Crippen LogP contribution in [0.3, 0.4) is 0 Å². The van der Waals surface area contributed by atoms with Crippen LogP contribution in [0.5, 0.6) is 0 Å². The lowest BCUT2D eigenvalue weighted by Crippen LogP contribution is -2.68. The van der Waals surface area contributed by atoms with Crippen molar-refractivity contribution >= 4 is 0 Å². The summed E-state index contributed by atoms with van der Waals surface area (Å²) < 4.78 is 19.7. The minimum absolute atomic E-state index is 0.107. The second-order valence-electron chi connectivity index (χ2n) is 9.55. The lowest BCUT2D eigenvalue weighted by molar-refractivity contribution is -0.222. The zero-order valence-electron chi connectivity index (χ0n) is 20.1. The Morgan fingerprint density at radius 3 is 1.69 bits per heavy atom. The Hall–Kier alpha value is -2.54. The first-order chi connectivity index (χ1) is 17.3. The first kappa shape index (κ1) is 24.2. The fraction of sp³-hybridized carbons (Fsp3) is 0.400. The molecule has 184 valence electrons. The van der Waals surface area contributed by atoms with E-state index in [1.807, 2.05) is 54.6 Å². The molecule has 0 unspecified atom stereocenters. The molecule has 5 rings (SSSR count). The number of nitrogens with zero attached hydrogens (tertiary/aromatic N) is 1. The summed E-state index contributed by atoms with van der Waals surface area (Å²) in [4.78, 5) is 2.35. The molecule has 0 spiro atoms. The van der Waals surface area contributed by atoms with Crippen LogP contribution < -0.4 is 0 Å². The van der Waals surface area contributed by atoms with Gasteiger partial charge >= 0.3 is 0 Å². The fourth-order valence-corrected chi connectivity index (χ4v) is 5.30. The summed E-state index contributed by atoms with van der Waals surface area (Å²) >= 11 is 0. The molecule has 3 aromatic rings. The molecule has 0 radical (unpaired) electrons. The van der Waals surface area contributed by atoms with E-state index in [2.05, 4.69) is 41.3 Å². The summed E-state index contributed by atoms with van der Waals surface area (Å²) in [6.07, 6.45) is 0.557. The molecule has 0 aromatic heterocycles. The van der Waals surface area contributed by atoms with E-state index >= 15 is 0 Å². The van der Waals surface area contributed by atoms with Crippen molar-refractivity contribution in [1.29, 1.82) is 0 Å². The zero-order chi connectivity index (χ0) is 23.9. The van der Waals surface area contributed by atoms with Gasteiger partial charge in [0.15, 0.2) is 0 Å². The maximum Gasteiger partial charge on any atom is 0.113 e. The second-order valence-corrected chi connectivity index (χ2v) is 9.55. The van der Waals surface area contributed by atoms with E-state index in [9.17, 15) is 5.11 Å².